The number of rotatable bonds is 5. The maximum Gasteiger partial charge on any atom is 0.246 e. The topological polar surface area (TPSA) is 49.4 Å². The molecule has 0 aromatic carbocycles. The van der Waals surface area contributed by atoms with Crippen LogP contribution in [0.2, 0.25) is 0 Å². The number of nitrogens with one attached hydrogen (secondary N) is 1. The van der Waals surface area contributed by atoms with E-state index in [-0.39, 0.29) is 23.8 Å². The third kappa shape index (κ3) is 2.49. The van der Waals surface area contributed by atoms with E-state index in [0.29, 0.717) is 12.5 Å². The van der Waals surface area contributed by atoms with Gasteiger partial charge in [0.05, 0.1) is 0 Å². The van der Waals surface area contributed by atoms with Crippen LogP contribution in [-0.4, -0.2) is 46.8 Å². The summed E-state index contributed by atoms with van der Waals surface area (Å²) in [4.78, 5) is 27.0. The monoisotopic (exact) mass is 284 g/mol. The van der Waals surface area contributed by atoms with Crippen molar-refractivity contribution < 1.29 is 9.59 Å². The molecule has 0 spiro atoms. The SMILES string of the molecule is CSCCN1C(=O)C(C(C)C)NC(=O)C1(C)C1CC1. The Labute approximate surface area is 119 Å². The minimum absolute atomic E-state index is 0.0365. The van der Waals surface area contributed by atoms with Crippen molar-refractivity contribution in [3.8, 4) is 0 Å². The highest BCUT2D eigenvalue weighted by atomic mass is 32.2. The van der Waals surface area contributed by atoms with Crippen LogP contribution in [0.25, 0.3) is 0 Å². The van der Waals surface area contributed by atoms with Crippen molar-refractivity contribution in [1.29, 1.82) is 0 Å². The number of carbonyl (C=O) groups excluding carboxylic acids is 2. The highest BCUT2D eigenvalue weighted by Gasteiger charge is 2.57. The maximum absolute atomic E-state index is 12.7. The molecule has 2 amide bonds. The van der Waals surface area contributed by atoms with Crippen LogP contribution in [-0.2, 0) is 9.59 Å². The fraction of sp³-hybridized carbons (Fsp3) is 0.857. The molecule has 5 heteroatoms. The summed E-state index contributed by atoms with van der Waals surface area (Å²) in [5.74, 6) is 1.49. The third-order valence-corrected chi connectivity index (χ3v) is 4.99. The van der Waals surface area contributed by atoms with Crippen LogP contribution in [0.15, 0.2) is 0 Å². The number of carbonyl (C=O) groups is 2. The first kappa shape index (κ1) is 14.7. The number of hydrogen-bond donors (Lipinski definition) is 1. The van der Waals surface area contributed by atoms with Crippen LogP contribution < -0.4 is 5.32 Å². The summed E-state index contributed by atoms with van der Waals surface area (Å²) >= 11 is 1.72. The van der Waals surface area contributed by atoms with Gasteiger partial charge in [0.15, 0.2) is 0 Å². The van der Waals surface area contributed by atoms with E-state index in [1.165, 1.54) is 0 Å². The van der Waals surface area contributed by atoms with Gasteiger partial charge in [0.25, 0.3) is 0 Å². The molecule has 0 radical (unpaired) electrons. The molecule has 0 bridgehead atoms. The van der Waals surface area contributed by atoms with Crippen molar-refractivity contribution in [1.82, 2.24) is 10.2 Å². The van der Waals surface area contributed by atoms with Gasteiger partial charge < -0.3 is 10.2 Å². The van der Waals surface area contributed by atoms with Crippen LogP contribution in [0.3, 0.4) is 0 Å². The van der Waals surface area contributed by atoms with Crippen molar-refractivity contribution in [3.05, 3.63) is 0 Å². The van der Waals surface area contributed by atoms with E-state index < -0.39 is 5.54 Å². The largest absolute Gasteiger partial charge is 0.342 e. The van der Waals surface area contributed by atoms with Gasteiger partial charge in [0.1, 0.15) is 11.6 Å². The lowest BCUT2D eigenvalue weighted by atomic mass is 9.86. The Balaban J connectivity index is 2.27. The molecule has 1 aliphatic heterocycles. The van der Waals surface area contributed by atoms with Crippen LogP contribution in [0.4, 0.5) is 0 Å². The molecule has 0 aromatic heterocycles. The Bertz CT molecular complexity index is 382. The number of nitrogens with zero attached hydrogens (tertiary/aromatic N) is 1. The van der Waals surface area contributed by atoms with E-state index in [0.717, 1.165) is 18.6 Å². The number of hydrogen-bond acceptors (Lipinski definition) is 3. The standard InChI is InChI=1S/C14H24N2O2S/c1-9(2)11-12(17)16(7-8-19-4)14(3,10-5-6-10)13(18)15-11/h9-11H,5-8H2,1-4H3,(H,15,18). The Morgan fingerprint density at radius 2 is 2.05 bits per heavy atom. The van der Waals surface area contributed by atoms with Crippen LogP contribution >= 0.6 is 11.8 Å². The average Bonchev–Trinajstić information content (AvgIpc) is 3.17. The highest BCUT2D eigenvalue weighted by molar-refractivity contribution is 7.98. The predicted octanol–water partition coefficient (Wildman–Crippen LogP) is 1.50. The number of thioether (sulfide) groups is 1. The van der Waals surface area contributed by atoms with Crippen molar-refractivity contribution >= 4 is 23.6 Å². The second-order valence-electron chi connectivity index (χ2n) is 6.10. The molecular formula is C14H24N2O2S. The van der Waals surface area contributed by atoms with Gasteiger partial charge >= 0.3 is 0 Å². The Kier molecular flexibility index (Phi) is 4.14. The van der Waals surface area contributed by atoms with Gasteiger partial charge in [-0.3, -0.25) is 9.59 Å². The zero-order chi connectivity index (χ0) is 14.2. The quantitative estimate of drug-likeness (QED) is 0.832. The predicted molar refractivity (Wildman–Crippen MR) is 78.0 cm³/mol. The molecule has 108 valence electrons. The second kappa shape index (κ2) is 5.35. The van der Waals surface area contributed by atoms with Crippen LogP contribution in [0, 0.1) is 11.8 Å². The first-order chi connectivity index (χ1) is 8.92. The molecule has 2 unspecified atom stereocenters. The Hall–Kier alpha value is -0.710. The summed E-state index contributed by atoms with van der Waals surface area (Å²) in [5, 5.41) is 2.95. The van der Waals surface area contributed by atoms with Gasteiger partial charge in [-0.15, -0.1) is 0 Å². The lowest BCUT2D eigenvalue weighted by molar-refractivity contribution is -0.158. The molecule has 0 aromatic rings. The summed E-state index contributed by atoms with van der Waals surface area (Å²) in [6, 6.07) is -0.360. The van der Waals surface area contributed by atoms with Gasteiger partial charge in [0.2, 0.25) is 11.8 Å². The van der Waals surface area contributed by atoms with E-state index >= 15 is 0 Å². The molecule has 1 heterocycles. The highest BCUT2D eigenvalue weighted by Crippen LogP contribution is 2.45. The summed E-state index contributed by atoms with van der Waals surface area (Å²) in [5.41, 5.74) is -0.627. The van der Waals surface area contributed by atoms with Crippen molar-refractivity contribution in [2.24, 2.45) is 11.8 Å². The van der Waals surface area contributed by atoms with E-state index in [2.05, 4.69) is 5.32 Å². The maximum atomic E-state index is 12.7. The number of piperazine rings is 1. The van der Waals surface area contributed by atoms with Crippen LogP contribution in [0.1, 0.15) is 33.6 Å². The molecule has 1 saturated heterocycles. The lowest BCUT2D eigenvalue weighted by Gasteiger charge is -2.47. The molecule has 2 rings (SSSR count). The smallest absolute Gasteiger partial charge is 0.246 e. The normalized spacial score (nSPS) is 31.8. The van der Waals surface area contributed by atoms with Gasteiger partial charge in [-0.25, -0.2) is 0 Å². The first-order valence-corrected chi connectivity index (χ1v) is 8.43. The summed E-state index contributed by atoms with van der Waals surface area (Å²) in [7, 11) is 0. The van der Waals surface area contributed by atoms with Crippen LogP contribution in [0.5, 0.6) is 0 Å². The van der Waals surface area contributed by atoms with Crippen molar-refractivity contribution in [2.45, 2.75) is 45.2 Å². The fourth-order valence-corrected chi connectivity index (χ4v) is 3.26. The molecule has 2 atom stereocenters. The molecule has 1 N–H and O–H groups in total. The third-order valence-electron chi connectivity index (χ3n) is 4.40. The molecule has 2 fully saturated rings. The van der Waals surface area contributed by atoms with E-state index in [9.17, 15) is 9.59 Å². The molecule has 1 saturated carbocycles. The molecular weight excluding hydrogens is 260 g/mol. The minimum atomic E-state index is -0.627. The van der Waals surface area contributed by atoms with E-state index in [4.69, 9.17) is 0 Å². The van der Waals surface area contributed by atoms with Gasteiger partial charge in [-0.1, -0.05) is 13.8 Å². The summed E-state index contributed by atoms with van der Waals surface area (Å²) < 4.78 is 0. The number of amides is 2. The second-order valence-corrected chi connectivity index (χ2v) is 7.09. The zero-order valence-corrected chi connectivity index (χ0v) is 13.0. The van der Waals surface area contributed by atoms with Crippen molar-refractivity contribution in [2.75, 3.05) is 18.6 Å². The Morgan fingerprint density at radius 1 is 1.42 bits per heavy atom. The van der Waals surface area contributed by atoms with Gasteiger partial charge in [-0.2, -0.15) is 11.8 Å². The van der Waals surface area contributed by atoms with Gasteiger partial charge in [-0.05, 0) is 37.9 Å². The van der Waals surface area contributed by atoms with Crippen molar-refractivity contribution in [3.63, 3.8) is 0 Å². The van der Waals surface area contributed by atoms with E-state index in [1.54, 1.807) is 11.8 Å². The lowest BCUT2D eigenvalue weighted by Crippen LogP contribution is -2.71. The summed E-state index contributed by atoms with van der Waals surface area (Å²) in [6.07, 6.45) is 4.14. The fourth-order valence-electron chi connectivity index (χ4n) is 2.90. The van der Waals surface area contributed by atoms with E-state index in [1.807, 2.05) is 31.9 Å². The molecule has 2 aliphatic rings. The molecule has 4 nitrogen and oxygen atoms in total. The zero-order valence-electron chi connectivity index (χ0n) is 12.2. The van der Waals surface area contributed by atoms with Gasteiger partial charge in [0, 0.05) is 12.3 Å². The first-order valence-electron chi connectivity index (χ1n) is 7.04. The molecule has 19 heavy (non-hydrogen) atoms. The Morgan fingerprint density at radius 3 is 2.53 bits per heavy atom. The molecule has 1 aliphatic carbocycles. The average molecular weight is 284 g/mol. The minimum Gasteiger partial charge on any atom is -0.342 e. The summed E-state index contributed by atoms with van der Waals surface area (Å²) in [6.45, 7) is 6.57.